The molecule has 0 saturated carbocycles. The van der Waals surface area contributed by atoms with Gasteiger partial charge in [-0.1, -0.05) is 36.3 Å². The molecule has 2 heterocycles. The van der Waals surface area contributed by atoms with Crippen LogP contribution in [-0.2, 0) is 13.0 Å². The Morgan fingerprint density at radius 2 is 2.10 bits per heavy atom. The quantitative estimate of drug-likeness (QED) is 0.716. The molecule has 0 saturated heterocycles. The van der Waals surface area contributed by atoms with Crippen molar-refractivity contribution in [2.45, 2.75) is 26.8 Å². The molecule has 0 aliphatic heterocycles. The summed E-state index contributed by atoms with van der Waals surface area (Å²) in [5.74, 6) is 1.76. The normalized spacial score (nSPS) is 10.9. The van der Waals surface area contributed by atoms with E-state index in [1.807, 2.05) is 38.1 Å². The van der Waals surface area contributed by atoms with E-state index in [-0.39, 0.29) is 0 Å². The molecule has 0 N–H and O–H groups in total. The van der Waals surface area contributed by atoms with Crippen molar-refractivity contribution in [2.24, 2.45) is 0 Å². The van der Waals surface area contributed by atoms with E-state index in [0.29, 0.717) is 24.1 Å². The maximum atomic E-state index is 5.11. The second-order valence-electron chi connectivity index (χ2n) is 4.42. The zero-order chi connectivity index (χ0) is 13.9. The maximum absolute atomic E-state index is 5.11. The number of aromatic nitrogens is 6. The molecule has 7 nitrogen and oxygen atoms in total. The predicted molar refractivity (Wildman–Crippen MR) is 70.8 cm³/mol. The van der Waals surface area contributed by atoms with Crippen molar-refractivity contribution in [3.05, 3.63) is 41.5 Å². The third-order valence-electron chi connectivity index (χ3n) is 2.94. The van der Waals surface area contributed by atoms with E-state index in [1.54, 1.807) is 0 Å². The molecule has 0 bridgehead atoms. The van der Waals surface area contributed by atoms with Crippen molar-refractivity contribution >= 4 is 0 Å². The van der Waals surface area contributed by atoms with Gasteiger partial charge >= 0.3 is 0 Å². The highest BCUT2D eigenvalue weighted by atomic mass is 16.5. The monoisotopic (exact) mass is 270 g/mol. The van der Waals surface area contributed by atoms with Gasteiger partial charge in [0.25, 0.3) is 0 Å². The molecular weight excluding hydrogens is 256 g/mol. The molecule has 3 aromatic rings. The molecule has 0 fully saturated rings. The number of aryl methyl sites for hydroxylation is 2. The summed E-state index contributed by atoms with van der Waals surface area (Å²) in [6.07, 6.45) is 0.739. The lowest BCUT2D eigenvalue weighted by Gasteiger charge is -1.98. The molecule has 0 atom stereocenters. The maximum Gasteiger partial charge on any atom is 0.250 e. The van der Waals surface area contributed by atoms with Gasteiger partial charge in [-0.2, -0.15) is 9.78 Å². The largest absolute Gasteiger partial charge is 0.337 e. The fourth-order valence-electron chi connectivity index (χ4n) is 1.86. The highest BCUT2D eigenvalue weighted by molar-refractivity contribution is 5.58. The highest BCUT2D eigenvalue weighted by Crippen LogP contribution is 2.17. The number of nitrogens with zero attached hydrogens (tertiary/aromatic N) is 6. The van der Waals surface area contributed by atoms with Crippen LogP contribution in [0.5, 0.6) is 0 Å². The van der Waals surface area contributed by atoms with Crippen molar-refractivity contribution in [3.63, 3.8) is 0 Å². The van der Waals surface area contributed by atoms with Crippen molar-refractivity contribution in [1.29, 1.82) is 0 Å². The predicted octanol–water partition coefficient (Wildman–Crippen LogP) is 1.64. The van der Waals surface area contributed by atoms with Gasteiger partial charge in [0.05, 0.1) is 0 Å². The summed E-state index contributed by atoms with van der Waals surface area (Å²) >= 11 is 0. The highest BCUT2D eigenvalue weighted by Gasteiger charge is 2.11. The van der Waals surface area contributed by atoms with E-state index >= 15 is 0 Å². The van der Waals surface area contributed by atoms with E-state index in [2.05, 4.69) is 25.6 Å². The molecule has 2 aromatic heterocycles. The van der Waals surface area contributed by atoms with Crippen LogP contribution in [-0.4, -0.2) is 30.3 Å². The number of rotatable bonds is 4. The van der Waals surface area contributed by atoms with Gasteiger partial charge in [0.15, 0.2) is 5.82 Å². The molecule has 0 aliphatic carbocycles. The minimum Gasteiger partial charge on any atom is -0.337 e. The number of benzene rings is 1. The van der Waals surface area contributed by atoms with E-state index in [0.717, 1.165) is 17.5 Å². The summed E-state index contributed by atoms with van der Waals surface area (Å²) in [5, 5.41) is 16.2. The zero-order valence-corrected chi connectivity index (χ0v) is 11.3. The van der Waals surface area contributed by atoms with Gasteiger partial charge in [0.2, 0.25) is 11.7 Å². The fraction of sp³-hybridized carbons (Fsp3) is 0.308. The van der Waals surface area contributed by atoms with Crippen LogP contribution in [0.15, 0.2) is 28.8 Å². The van der Waals surface area contributed by atoms with Crippen LogP contribution in [0.25, 0.3) is 11.4 Å². The van der Waals surface area contributed by atoms with Crippen LogP contribution in [0.2, 0.25) is 0 Å². The molecule has 0 spiro atoms. The Labute approximate surface area is 115 Å². The number of hydrogen-bond donors (Lipinski definition) is 0. The third kappa shape index (κ3) is 2.42. The molecule has 102 valence electrons. The van der Waals surface area contributed by atoms with E-state index in [9.17, 15) is 0 Å². The SMILES string of the molecule is CCc1noc(Cn2nnc(-c3ccccc3C)n2)n1. The zero-order valence-electron chi connectivity index (χ0n) is 11.3. The van der Waals surface area contributed by atoms with Crippen LogP contribution in [0.1, 0.15) is 24.2 Å². The average Bonchev–Trinajstić information content (AvgIpc) is 3.09. The Bertz CT molecular complexity index is 717. The molecule has 7 heteroatoms. The van der Waals surface area contributed by atoms with Crippen LogP contribution in [0.4, 0.5) is 0 Å². The van der Waals surface area contributed by atoms with Gasteiger partial charge in [0.1, 0.15) is 6.54 Å². The van der Waals surface area contributed by atoms with Crippen molar-refractivity contribution in [3.8, 4) is 11.4 Å². The second-order valence-corrected chi connectivity index (χ2v) is 4.42. The Balaban J connectivity index is 1.82. The van der Waals surface area contributed by atoms with E-state index in [1.165, 1.54) is 4.80 Å². The summed E-state index contributed by atoms with van der Waals surface area (Å²) in [5.41, 5.74) is 2.08. The summed E-state index contributed by atoms with van der Waals surface area (Å²) in [6, 6.07) is 7.92. The minimum absolute atomic E-state index is 0.325. The first kappa shape index (κ1) is 12.5. The average molecular weight is 270 g/mol. The molecule has 20 heavy (non-hydrogen) atoms. The molecule has 1 aromatic carbocycles. The molecule has 0 radical (unpaired) electrons. The van der Waals surface area contributed by atoms with Crippen LogP contribution < -0.4 is 0 Å². The fourth-order valence-corrected chi connectivity index (χ4v) is 1.86. The summed E-state index contributed by atoms with van der Waals surface area (Å²) in [4.78, 5) is 5.67. The molecular formula is C13H14N6O. The summed E-state index contributed by atoms with van der Waals surface area (Å²) in [7, 11) is 0. The third-order valence-corrected chi connectivity index (χ3v) is 2.94. The van der Waals surface area contributed by atoms with Gasteiger partial charge in [0, 0.05) is 12.0 Å². The second kappa shape index (κ2) is 5.20. The number of tetrazole rings is 1. The topological polar surface area (TPSA) is 82.5 Å². The van der Waals surface area contributed by atoms with Gasteiger partial charge in [-0.05, 0) is 17.7 Å². The van der Waals surface area contributed by atoms with Crippen LogP contribution >= 0.6 is 0 Å². The molecule has 0 amide bonds. The van der Waals surface area contributed by atoms with Gasteiger partial charge < -0.3 is 4.52 Å². The van der Waals surface area contributed by atoms with E-state index < -0.39 is 0 Å². The first-order valence-electron chi connectivity index (χ1n) is 6.41. The first-order valence-corrected chi connectivity index (χ1v) is 6.41. The Morgan fingerprint density at radius 1 is 1.25 bits per heavy atom. The van der Waals surface area contributed by atoms with Crippen molar-refractivity contribution in [1.82, 2.24) is 30.3 Å². The Kier molecular flexibility index (Phi) is 3.24. The smallest absolute Gasteiger partial charge is 0.250 e. The Hall–Kier alpha value is -2.57. The van der Waals surface area contributed by atoms with Gasteiger partial charge in [-0.15, -0.1) is 10.2 Å². The lowest BCUT2D eigenvalue weighted by atomic mass is 10.1. The van der Waals surface area contributed by atoms with Crippen molar-refractivity contribution in [2.75, 3.05) is 0 Å². The summed E-state index contributed by atoms with van der Waals surface area (Å²) in [6.45, 7) is 4.31. The van der Waals surface area contributed by atoms with E-state index in [4.69, 9.17) is 4.52 Å². The lowest BCUT2D eigenvalue weighted by molar-refractivity contribution is 0.352. The van der Waals surface area contributed by atoms with Gasteiger partial charge in [-0.3, -0.25) is 0 Å². The van der Waals surface area contributed by atoms with Gasteiger partial charge in [-0.25, -0.2) is 0 Å². The molecule has 0 unspecified atom stereocenters. The number of hydrogen-bond acceptors (Lipinski definition) is 6. The van der Waals surface area contributed by atoms with Crippen LogP contribution in [0, 0.1) is 6.92 Å². The van der Waals surface area contributed by atoms with Crippen molar-refractivity contribution < 1.29 is 4.52 Å². The first-order chi connectivity index (χ1) is 9.76. The van der Waals surface area contributed by atoms with Crippen LogP contribution in [0.3, 0.4) is 0 Å². The summed E-state index contributed by atoms with van der Waals surface area (Å²) < 4.78 is 5.11. The minimum atomic E-state index is 0.325. The standard InChI is InChI=1S/C13H14N6O/c1-3-11-14-12(20-17-11)8-19-16-13(15-18-19)10-7-5-4-6-9(10)2/h4-7H,3,8H2,1-2H3. The Morgan fingerprint density at radius 3 is 2.85 bits per heavy atom. The lowest BCUT2D eigenvalue weighted by Crippen LogP contribution is -2.04. The molecule has 3 rings (SSSR count). The molecule has 0 aliphatic rings.